The molecule has 13 heavy (non-hydrogen) atoms. The summed E-state index contributed by atoms with van der Waals surface area (Å²) in [5.74, 6) is -1.95. The molecule has 5 heteroatoms. The smallest absolute Gasteiger partial charge is 0.339 e. The Bertz CT molecular complexity index is 353. The van der Waals surface area contributed by atoms with E-state index in [-0.39, 0.29) is 5.56 Å². The molecule has 1 aromatic rings. The van der Waals surface area contributed by atoms with Crippen LogP contribution in [0.5, 0.6) is 0 Å². The van der Waals surface area contributed by atoms with Crippen molar-refractivity contribution in [1.29, 1.82) is 0 Å². The molecule has 2 nitrogen and oxygen atoms in total. The third kappa shape index (κ3) is 2.01. The SMILES string of the molecule is Cc1cc(I)c(F)c(C(=O)O)c1Br. The Labute approximate surface area is 96.4 Å². The van der Waals surface area contributed by atoms with Gasteiger partial charge in [0, 0.05) is 4.47 Å². The van der Waals surface area contributed by atoms with E-state index in [2.05, 4.69) is 15.9 Å². The fourth-order valence-electron chi connectivity index (χ4n) is 0.918. The molecule has 0 spiro atoms. The molecule has 0 bridgehead atoms. The van der Waals surface area contributed by atoms with E-state index < -0.39 is 11.8 Å². The molecule has 0 heterocycles. The van der Waals surface area contributed by atoms with E-state index in [4.69, 9.17) is 5.11 Å². The van der Waals surface area contributed by atoms with Crippen LogP contribution in [0.25, 0.3) is 0 Å². The van der Waals surface area contributed by atoms with Gasteiger partial charge in [-0.3, -0.25) is 0 Å². The highest BCUT2D eigenvalue weighted by molar-refractivity contribution is 14.1. The van der Waals surface area contributed by atoms with Crippen molar-refractivity contribution >= 4 is 44.5 Å². The first-order chi connectivity index (χ1) is 5.95. The second kappa shape index (κ2) is 3.91. The lowest BCUT2D eigenvalue weighted by atomic mass is 10.1. The summed E-state index contributed by atoms with van der Waals surface area (Å²) in [4.78, 5) is 10.7. The van der Waals surface area contributed by atoms with Gasteiger partial charge in [-0.15, -0.1) is 0 Å². The minimum absolute atomic E-state index is 0.301. The number of aromatic carboxylic acids is 1. The van der Waals surface area contributed by atoms with Gasteiger partial charge in [-0.2, -0.15) is 0 Å². The molecule has 1 rings (SSSR count). The van der Waals surface area contributed by atoms with Crippen LogP contribution in [-0.2, 0) is 0 Å². The van der Waals surface area contributed by atoms with Crippen LogP contribution in [0.15, 0.2) is 10.5 Å². The maximum Gasteiger partial charge on any atom is 0.339 e. The third-order valence-corrected chi connectivity index (χ3v) is 3.36. The number of benzene rings is 1. The second-order valence-electron chi connectivity index (χ2n) is 2.48. The van der Waals surface area contributed by atoms with Crippen molar-refractivity contribution in [2.75, 3.05) is 0 Å². The van der Waals surface area contributed by atoms with Crippen LogP contribution < -0.4 is 0 Å². The Morgan fingerprint density at radius 1 is 1.69 bits per heavy atom. The lowest BCUT2D eigenvalue weighted by molar-refractivity contribution is 0.0690. The number of aryl methyl sites for hydroxylation is 1. The molecule has 0 aliphatic heterocycles. The van der Waals surface area contributed by atoms with Crippen LogP contribution in [0.4, 0.5) is 4.39 Å². The maximum atomic E-state index is 13.3. The van der Waals surface area contributed by atoms with E-state index in [1.165, 1.54) is 0 Å². The Hall–Kier alpha value is -0.170. The van der Waals surface area contributed by atoms with Crippen molar-refractivity contribution in [1.82, 2.24) is 0 Å². The van der Waals surface area contributed by atoms with Crippen LogP contribution in [-0.4, -0.2) is 11.1 Å². The molecule has 0 atom stereocenters. The molecule has 0 aromatic heterocycles. The topological polar surface area (TPSA) is 37.3 Å². The van der Waals surface area contributed by atoms with Gasteiger partial charge in [0.2, 0.25) is 0 Å². The summed E-state index contributed by atoms with van der Waals surface area (Å²) in [6, 6.07) is 1.59. The van der Waals surface area contributed by atoms with Crippen LogP contribution in [0, 0.1) is 16.3 Å². The predicted octanol–water partition coefficient (Wildman–Crippen LogP) is 3.20. The highest BCUT2D eigenvalue weighted by Crippen LogP contribution is 2.27. The van der Waals surface area contributed by atoms with Gasteiger partial charge in [-0.1, -0.05) is 0 Å². The number of rotatable bonds is 1. The first-order valence-corrected chi connectivity index (χ1v) is 5.19. The summed E-state index contributed by atoms with van der Waals surface area (Å²) < 4.78 is 13.9. The lowest BCUT2D eigenvalue weighted by Crippen LogP contribution is -2.05. The molecule has 1 aromatic carbocycles. The average molecular weight is 359 g/mol. The molecule has 0 aliphatic carbocycles. The zero-order valence-electron chi connectivity index (χ0n) is 6.57. The normalized spacial score (nSPS) is 10.2. The van der Waals surface area contributed by atoms with Gasteiger partial charge < -0.3 is 5.11 Å². The molecule has 1 N–H and O–H groups in total. The first-order valence-electron chi connectivity index (χ1n) is 3.32. The standard InChI is InChI=1S/C8H5BrFIO2/c1-3-2-4(11)7(10)5(6(3)9)8(12)13/h2H,1H3,(H,12,13). The number of carboxylic acid groups (broad SMARTS) is 1. The van der Waals surface area contributed by atoms with Crippen molar-refractivity contribution < 1.29 is 14.3 Å². The van der Waals surface area contributed by atoms with Crippen LogP contribution in [0.3, 0.4) is 0 Å². The Kier molecular flexibility index (Phi) is 3.28. The lowest BCUT2D eigenvalue weighted by Gasteiger charge is -2.05. The molecule has 0 fully saturated rings. The zero-order chi connectivity index (χ0) is 10.2. The van der Waals surface area contributed by atoms with Gasteiger partial charge >= 0.3 is 5.97 Å². The van der Waals surface area contributed by atoms with E-state index >= 15 is 0 Å². The molecule has 0 aliphatic rings. The van der Waals surface area contributed by atoms with Gasteiger partial charge in [0.25, 0.3) is 0 Å². The monoisotopic (exact) mass is 358 g/mol. The highest BCUT2D eigenvalue weighted by Gasteiger charge is 2.18. The fraction of sp³-hybridized carbons (Fsp3) is 0.125. The number of carboxylic acids is 1. The Morgan fingerprint density at radius 3 is 2.69 bits per heavy atom. The molecule has 0 radical (unpaired) electrons. The molecule has 0 saturated heterocycles. The van der Waals surface area contributed by atoms with Crippen molar-refractivity contribution in [2.24, 2.45) is 0 Å². The molecule has 0 unspecified atom stereocenters. The molecule has 70 valence electrons. The van der Waals surface area contributed by atoms with Gasteiger partial charge in [0.05, 0.1) is 3.57 Å². The minimum Gasteiger partial charge on any atom is -0.478 e. The van der Waals surface area contributed by atoms with Crippen LogP contribution in [0.1, 0.15) is 15.9 Å². The Morgan fingerprint density at radius 2 is 2.23 bits per heavy atom. The fourth-order valence-corrected chi connectivity index (χ4v) is 2.11. The quantitative estimate of drug-likeness (QED) is 0.618. The van der Waals surface area contributed by atoms with Crippen LogP contribution >= 0.6 is 38.5 Å². The van der Waals surface area contributed by atoms with E-state index in [9.17, 15) is 9.18 Å². The molecule has 0 amide bonds. The highest BCUT2D eigenvalue weighted by atomic mass is 127. The maximum absolute atomic E-state index is 13.3. The third-order valence-electron chi connectivity index (χ3n) is 1.55. The first kappa shape index (κ1) is 10.9. The van der Waals surface area contributed by atoms with Crippen molar-refractivity contribution in [2.45, 2.75) is 6.92 Å². The summed E-state index contributed by atoms with van der Waals surface area (Å²) >= 11 is 4.81. The number of halogens is 3. The second-order valence-corrected chi connectivity index (χ2v) is 4.44. The minimum atomic E-state index is -1.26. The van der Waals surface area contributed by atoms with Crippen molar-refractivity contribution in [3.05, 3.63) is 31.1 Å². The summed E-state index contributed by atoms with van der Waals surface area (Å²) in [5.41, 5.74) is 0.410. The number of hydrogen-bond donors (Lipinski definition) is 1. The number of hydrogen-bond acceptors (Lipinski definition) is 1. The van der Waals surface area contributed by atoms with Gasteiger partial charge in [-0.25, -0.2) is 9.18 Å². The van der Waals surface area contributed by atoms with E-state index in [0.29, 0.717) is 13.6 Å². The van der Waals surface area contributed by atoms with Crippen molar-refractivity contribution in [3.8, 4) is 0 Å². The van der Waals surface area contributed by atoms with E-state index in [1.54, 1.807) is 35.6 Å². The predicted molar refractivity (Wildman–Crippen MR) is 58.5 cm³/mol. The largest absolute Gasteiger partial charge is 0.478 e. The van der Waals surface area contributed by atoms with Crippen molar-refractivity contribution in [3.63, 3.8) is 0 Å². The Balaban J connectivity index is 3.56. The van der Waals surface area contributed by atoms with E-state index in [0.717, 1.165) is 0 Å². The molecule has 0 saturated carbocycles. The zero-order valence-corrected chi connectivity index (χ0v) is 10.3. The van der Waals surface area contributed by atoms with E-state index in [1.807, 2.05) is 0 Å². The summed E-state index contributed by atoms with van der Waals surface area (Å²) in [5, 5.41) is 8.72. The van der Waals surface area contributed by atoms with Gasteiger partial charge in [0.15, 0.2) is 5.82 Å². The summed E-state index contributed by atoms with van der Waals surface area (Å²) in [6.07, 6.45) is 0. The molecular weight excluding hydrogens is 354 g/mol. The van der Waals surface area contributed by atoms with Gasteiger partial charge in [-0.05, 0) is 57.1 Å². The summed E-state index contributed by atoms with van der Waals surface area (Å²) in [7, 11) is 0. The summed E-state index contributed by atoms with van der Waals surface area (Å²) in [6.45, 7) is 1.72. The average Bonchev–Trinajstić information content (AvgIpc) is 2.01. The number of carbonyl (C=O) groups is 1. The van der Waals surface area contributed by atoms with Gasteiger partial charge in [0.1, 0.15) is 5.56 Å². The molecular formula is C8H5BrFIO2. The van der Waals surface area contributed by atoms with Crippen LogP contribution in [0.2, 0.25) is 0 Å².